The van der Waals surface area contributed by atoms with E-state index in [1.165, 1.54) is 12.3 Å². The Morgan fingerprint density at radius 3 is 2.70 bits per heavy atom. The lowest BCUT2D eigenvalue weighted by atomic mass is 10.2. The van der Waals surface area contributed by atoms with E-state index in [0.29, 0.717) is 13.0 Å². The lowest BCUT2D eigenvalue weighted by Gasteiger charge is -2.06. The third-order valence-electron chi connectivity index (χ3n) is 2.68. The van der Waals surface area contributed by atoms with E-state index < -0.39 is 4.92 Å². The van der Waals surface area contributed by atoms with Crippen molar-refractivity contribution in [3.05, 3.63) is 58.0 Å². The quantitative estimate of drug-likeness (QED) is 0.656. The van der Waals surface area contributed by atoms with E-state index in [0.717, 1.165) is 5.56 Å². The van der Waals surface area contributed by atoms with Gasteiger partial charge in [-0.15, -0.1) is 0 Å². The number of aromatic nitrogens is 2. The van der Waals surface area contributed by atoms with Crippen molar-refractivity contribution in [2.75, 3.05) is 11.9 Å². The molecule has 2 heterocycles. The maximum atomic E-state index is 11.0. The van der Waals surface area contributed by atoms with Crippen LogP contribution in [0.5, 0.6) is 0 Å². The summed E-state index contributed by atoms with van der Waals surface area (Å²) in [6.45, 7) is 0.479. The topological polar surface area (TPSA) is 105 Å². The number of rotatable bonds is 5. The van der Waals surface area contributed by atoms with Crippen LogP contribution in [0.25, 0.3) is 0 Å². The zero-order chi connectivity index (χ0) is 14.4. The molecule has 0 radical (unpaired) electrons. The van der Waals surface area contributed by atoms with Gasteiger partial charge in [-0.1, -0.05) is 0 Å². The van der Waals surface area contributed by atoms with Gasteiger partial charge in [0.25, 0.3) is 0 Å². The number of nitriles is 1. The summed E-state index contributed by atoms with van der Waals surface area (Å²) in [4.78, 5) is 18.2. The van der Waals surface area contributed by atoms with Gasteiger partial charge in [0.2, 0.25) is 5.82 Å². The Bertz CT molecular complexity index is 652. The molecular weight excluding hydrogens is 258 g/mol. The van der Waals surface area contributed by atoms with E-state index in [1.54, 1.807) is 18.5 Å². The Balaban J connectivity index is 2.10. The first-order valence-electron chi connectivity index (χ1n) is 5.88. The molecule has 0 amide bonds. The van der Waals surface area contributed by atoms with Gasteiger partial charge in [0.15, 0.2) is 0 Å². The predicted molar refractivity (Wildman–Crippen MR) is 72.0 cm³/mol. The van der Waals surface area contributed by atoms with Crippen LogP contribution in [-0.4, -0.2) is 21.4 Å². The molecule has 1 N–H and O–H groups in total. The summed E-state index contributed by atoms with van der Waals surface area (Å²) in [5.41, 5.74) is 0.771. The summed E-state index contributed by atoms with van der Waals surface area (Å²) in [6.07, 6.45) is 5.43. The normalized spacial score (nSPS) is 9.75. The zero-order valence-electron chi connectivity index (χ0n) is 10.5. The van der Waals surface area contributed by atoms with Crippen LogP contribution in [0.4, 0.5) is 11.5 Å². The van der Waals surface area contributed by atoms with Gasteiger partial charge in [-0.05, 0) is 30.2 Å². The van der Waals surface area contributed by atoms with Gasteiger partial charge in [-0.3, -0.25) is 15.1 Å². The number of anilines is 1. The lowest BCUT2D eigenvalue weighted by molar-refractivity contribution is -0.384. The number of hydrogen-bond acceptors (Lipinski definition) is 6. The first-order chi connectivity index (χ1) is 9.72. The fourth-order valence-corrected chi connectivity index (χ4v) is 1.73. The molecule has 0 unspecified atom stereocenters. The Hall–Kier alpha value is -3.01. The summed E-state index contributed by atoms with van der Waals surface area (Å²) in [5.74, 6) is 0.114. The summed E-state index contributed by atoms with van der Waals surface area (Å²) >= 11 is 0. The van der Waals surface area contributed by atoms with Gasteiger partial charge < -0.3 is 5.32 Å². The van der Waals surface area contributed by atoms with Gasteiger partial charge in [-0.25, -0.2) is 4.98 Å². The minimum absolute atomic E-state index is 0.00332. The van der Waals surface area contributed by atoms with Crippen LogP contribution in [0, 0.1) is 21.4 Å². The molecule has 100 valence electrons. The fraction of sp³-hybridized carbons (Fsp3) is 0.154. The molecule has 0 bridgehead atoms. The number of nitrogens with zero attached hydrogens (tertiary/aromatic N) is 4. The molecule has 7 heteroatoms. The standard InChI is InChI=1S/C13H11N5O2/c14-9-11-4-8-17-13(12(11)18(19)20)16-7-3-10-1-5-15-6-2-10/h1-2,4-6,8H,3,7H2,(H,16,17). The second-order valence-corrected chi connectivity index (χ2v) is 3.96. The van der Waals surface area contributed by atoms with Crippen molar-refractivity contribution < 1.29 is 4.92 Å². The second kappa shape index (κ2) is 6.24. The zero-order valence-corrected chi connectivity index (χ0v) is 10.5. The van der Waals surface area contributed by atoms with E-state index in [-0.39, 0.29) is 17.1 Å². The van der Waals surface area contributed by atoms with E-state index in [4.69, 9.17) is 5.26 Å². The highest BCUT2D eigenvalue weighted by Crippen LogP contribution is 2.25. The molecule has 0 aromatic carbocycles. The molecule has 0 spiro atoms. The highest BCUT2D eigenvalue weighted by Gasteiger charge is 2.20. The minimum Gasteiger partial charge on any atom is -0.364 e. The SMILES string of the molecule is N#Cc1ccnc(NCCc2ccncc2)c1[N+](=O)[O-]. The second-order valence-electron chi connectivity index (χ2n) is 3.96. The monoisotopic (exact) mass is 269 g/mol. The Kier molecular flexibility index (Phi) is 4.19. The highest BCUT2D eigenvalue weighted by molar-refractivity contribution is 5.64. The summed E-state index contributed by atoms with van der Waals surface area (Å²) in [7, 11) is 0. The Morgan fingerprint density at radius 1 is 1.30 bits per heavy atom. The van der Waals surface area contributed by atoms with Crippen molar-refractivity contribution in [3.63, 3.8) is 0 Å². The minimum atomic E-state index is -0.597. The van der Waals surface area contributed by atoms with Crippen molar-refractivity contribution in [2.24, 2.45) is 0 Å². The van der Waals surface area contributed by atoms with Gasteiger partial charge in [0.05, 0.1) is 4.92 Å². The maximum absolute atomic E-state index is 11.0. The molecule has 0 saturated heterocycles. The molecule has 2 aromatic rings. The Labute approximate surface area is 115 Å². The van der Waals surface area contributed by atoms with Crippen molar-refractivity contribution in [1.29, 1.82) is 5.26 Å². The van der Waals surface area contributed by atoms with Crippen LogP contribution < -0.4 is 5.32 Å². The smallest absolute Gasteiger partial charge is 0.328 e. The molecule has 20 heavy (non-hydrogen) atoms. The first-order valence-corrected chi connectivity index (χ1v) is 5.88. The van der Waals surface area contributed by atoms with E-state index in [9.17, 15) is 10.1 Å². The number of nitrogens with one attached hydrogen (secondary N) is 1. The molecule has 2 aromatic heterocycles. The number of nitro groups is 1. The molecule has 2 rings (SSSR count). The maximum Gasteiger partial charge on any atom is 0.328 e. The average Bonchev–Trinajstić information content (AvgIpc) is 2.47. The largest absolute Gasteiger partial charge is 0.364 e. The van der Waals surface area contributed by atoms with E-state index >= 15 is 0 Å². The van der Waals surface area contributed by atoms with E-state index in [1.807, 2.05) is 12.1 Å². The van der Waals surface area contributed by atoms with E-state index in [2.05, 4.69) is 15.3 Å². The fourth-order valence-electron chi connectivity index (χ4n) is 1.73. The molecule has 0 aliphatic carbocycles. The predicted octanol–water partition coefficient (Wildman–Crippen LogP) is 1.91. The number of pyridine rings is 2. The third kappa shape index (κ3) is 3.05. The van der Waals surface area contributed by atoms with Gasteiger partial charge in [0, 0.05) is 25.1 Å². The molecule has 7 nitrogen and oxygen atoms in total. The summed E-state index contributed by atoms with van der Waals surface area (Å²) in [5, 5.41) is 22.8. The van der Waals surface area contributed by atoms with Crippen LogP contribution in [-0.2, 0) is 6.42 Å². The molecule has 0 atom stereocenters. The third-order valence-corrected chi connectivity index (χ3v) is 2.68. The molecule has 0 saturated carbocycles. The lowest BCUT2D eigenvalue weighted by Crippen LogP contribution is -2.09. The summed E-state index contributed by atoms with van der Waals surface area (Å²) in [6, 6.07) is 6.86. The van der Waals surface area contributed by atoms with Crippen molar-refractivity contribution >= 4 is 11.5 Å². The van der Waals surface area contributed by atoms with Crippen LogP contribution in [0.3, 0.4) is 0 Å². The van der Waals surface area contributed by atoms with Crippen LogP contribution in [0.1, 0.15) is 11.1 Å². The first kappa shape index (κ1) is 13.4. The van der Waals surface area contributed by atoms with Gasteiger partial charge >= 0.3 is 5.69 Å². The van der Waals surface area contributed by atoms with Crippen molar-refractivity contribution in [3.8, 4) is 6.07 Å². The highest BCUT2D eigenvalue weighted by atomic mass is 16.6. The molecule has 0 fully saturated rings. The molecule has 0 aliphatic heterocycles. The number of hydrogen-bond donors (Lipinski definition) is 1. The van der Waals surface area contributed by atoms with Gasteiger partial charge in [0.1, 0.15) is 11.6 Å². The van der Waals surface area contributed by atoms with Crippen molar-refractivity contribution in [1.82, 2.24) is 9.97 Å². The van der Waals surface area contributed by atoms with Crippen molar-refractivity contribution in [2.45, 2.75) is 6.42 Å². The van der Waals surface area contributed by atoms with Crippen LogP contribution in [0.2, 0.25) is 0 Å². The van der Waals surface area contributed by atoms with Crippen LogP contribution in [0.15, 0.2) is 36.8 Å². The van der Waals surface area contributed by atoms with Crippen LogP contribution >= 0.6 is 0 Å². The molecular formula is C13H11N5O2. The average molecular weight is 269 g/mol. The summed E-state index contributed by atoms with van der Waals surface area (Å²) < 4.78 is 0. The van der Waals surface area contributed by atoms with Gasteiger partial charge in [-0.2, -0.15) is 5.26 Å². The molecule has 0 aliphatic rings. The Morgan fingerprint density at radius 2 is 2.05 bits per heavy atom.